The number of nitrogens with two attached hydrogens (primary N) is 1. The van der Waals surface area contributed by atoms with E-state index in [1.165, 1.54) is 31.7 Å². The monoisotopic (exact) mass is 249 g/mol. The van der Waals surface area contributed by atoms with Crippen molar-refractivity contribution in [1.29, 1.82) is 0 Å². The highest BCUT2D eigenvalue weighted by atomic mass is 19.1. The van der Waals surface area contributed by atoms with Crippen LogP contribution >= 0.6 is 0 Å². The first-order valence-corrected chi connectivity index (χ1v) is 6.82. The van der Waals surface area contributed by atoms with Crippen molar-refractivity contribution < 1.29 is 9.13 Å². The van der Waals surface area contributed by atoms with Gasteiger partial charge in [-0.2, -0.15) is 0 Å². The first kappa shape index (κ1) is 11.8. The Hall–Kier alpha value is -1.25. The number of benzene rings is 1. The normalized spacial score (nSPS) is 29.8. The van der Waals surface area contributed by atoms with Crippen LogP contribution in [0.25, 0.3) is 0 Å². The molecule has 2 nitrogen and oxygen atoms in total. The van der Waals surface area contributed by atoms with Crippen LogP contribution in [-0.4, -0.2) is 6.61 Å². The number of anilines is 1. The average molecular weight is 249 g/mol. The summed E-state index contributed by atoms with van der Waals surface area (Å²) in [6, 6.07) is 3.06. The number of nitrogen functional groups attached to an aromatic ring is 1. The summed E-state index contributed by atoms with van der Waals surface area (Å²) in [5, 5.41) is 0. The molecule has 0 spiro atoms. The van der Waals surface area contributed by atoms with Crippen LogP contribution in [0.5, 0.6) is 5.75 Å². The molecule has 2 aliphatic carbocycles. The smallest absolute Gasteiger partial charge is 0.167 e. The van der Waals surface area contributed by atoms with Crippen molar-refractivity contribution in [3.63, 3.8) is 0 Å². The standard InChI is InChI=1S/C15H20FNO/c1-9-4-15(13(16)7-14(9)17)18-8-12-6-10-2-3-11(12)5-10/h4,7,10-12H,2-3,5-6,8,17H2,1H3. The van der Waals surface area contributed by atoms with E-state index in [9.17, 15) is 4.39 Å². The Kier molecular flexibility index (Phi) is 2.92. The summed E-state index contributed by atoms with van der Waals surface area (Å²) in [6.45, 7) is 2.53. The molecule has 18 heavy (non-hydrogen) atoms. The SMILES string of the molecule is Cc1cc(OCC2CC3CCC2C3)c(F)cc1N. The molecule has 0 saturated heterocycles. The first-order chi connectivity index (χ1) is 8.63. The quantitative estimate of drug-likeness (QED) is 0.832. The minimum Gasteiger partial charge on any atom is -0.490 e. The van der Waals surface area contributed by atoms with Crippen molar-refractivity contribution in [2.24, 2.45) is 17.8 Å². The molecule has 3 unspecified atom stereocenters. The predicted octanol–water partition coefficient (Wildman–Crippen LogP) is 3.53. The van der Waals surface area contributed by atoms with Gasteiger partial charge >= 0.3 is 0 Å². The van der Waals surface area contributed by atoms with Gasteiger partial charge in [0.15, 0.2) is 11.6 Å². The lowest BCUT2D eigenvalue weighted by Gasteiger charge is -2.22. The van der Waals surface area contributed by atoms with Gasteiger partial charge in [0.25, 0.3) is 0 Å². The van der Waals surface area contributed by atoms with Gasteiger partial charge in [0.2, 0.25) is 0 Å². The van der Waals surface area contributed by atoms with E-state index >= 15 is 0 Å². The number of halogens is 1. The third-order valence-corrected chi connectivity index (χ3v) is 4.66. The molecule has 2 saturated carbocycles. The number of fused-ring (bicyclic) bond motifs is 2. The minimum atomic E-state index is -0.346. The average Bonchev–Trinajstić information content (AvgIpc) is 2.94. The van der Waals surface area contributed by atoms with E-state index in [-0.39, 0.29) is 5.82 Å². The fraction of sp³-hybridized carbons (Fsp3) is 0.600. The molecule has 2 N–H and O–H groups in total. The molecule has 2 fully saturated rings. The lowest BCUT2D eigenvalue weighted by atomic mass is 9.89. The van der Waals surface area contributed by atoms with Crippen LogP contribution < -0.4 is 10.5 Å². The van der Waals surface area contributed by atoms with Crippen molar-refractivity contribution in [2.75, 3.05) is 12.3 Å². The Bertz CT molecular complexity index is 460. The maximum atomic E-state index is 13.7. The topological polar surface area (TPSA) is 35.2 Å². The lowest BCUT2D eigenvalue weighted by Crippen LogP contribution is -2.19. The second-order valence-electron chi connectivity index (χ2n) is 5.89. The highest BCUT2D eigenvalue weighted by molar-refractivity contribution is 5.50. The molecule has 98 valence electrons. The zero-order valence-electron chi connectivity index (χ0n) is 10.8. The zero-order chi connectivity index (χ0) is 12.7. The van der Waals surface area contributed by atoms with Crippen LogP contribution in [0.2, 0.25) is 0 Å². The van der Waals surface area contributed by atoms with Gasteiger partial charge in [-0.15, -0.1) is 0 Å². The van der Waals surface area contributed by atoms with Crippen LogP contribution in [0.3, 0.4) is 0 Å². The minimum absolute atomic E-state index is 0.346. The van der Waals surface area contributed by atoms with E-state index < -0.39 is 0 Å². The molecule has 0 aliphatic heterocycles. The second kappa shape index (κ2) is 4.45. The second-order valence-corrected chi connectivity index (χ2v) is 5.89. The van der Waals surface area contributed by atoms with Crippen molar-refractivity contribution in [3.05, 3.63) is 23.5 Å². The third-order valence-electron chi connectivity index (χ3n) is 4.66. The Labute approximate surface area is 107 Å². The molecule has 2 bridgehead atoms. The first-order valence-electron chi connectivity index (χ1n) is 6.82. The van der Waals surface area contributed by atoms with Crippen molar-refractivity contribution in [2.45, 2.75) is 32.6 Å². The summed E-state index contributed by atoms with van der Waals surface area (Å²) in [4.78, 5) is 0. The Morgan fingerprint density at radius 1 is 1.33 bits per heavy atom. The van der Waals surface area contributed by atoms with E-state index in [4.69, 9.17) is 10.5 Å². The molecule has 1 aromatic rings. The third kappa shape index (κ3) is 2.06. The van der Waals surface area contributed by atoms with E-state index in [1.807, 2.05) is 6.92 Å². The molecule has 1 aromatic carbocycles. The summed E-state index contributed by atoms with van der Waals surface area (Å²) in [5.41, 5.74) is 7.02. The fourth-order valence-electron chi connectivity index (χ4n) is 3.56. The maximum absolute atomic E-state index is 13.7. The molecule has 3 heteroatoms. The van der Waals surface area contributed by atoms with Gasteiger partial charge in [0, 0.05) is 11.8 Å². The van der Waals surface area contributed by atoms with Gasteiger partial charge in [0.05, 0.1) is 6.61 Å². The van der Waals surface area contributed by atoms with Crippen LogP contribution in [0.15, 0.2) is 12.1 Å². The van der Waals surface area contributed by atoms with Gasteiger partial charge in [-0.1, -0.05) is 6.42 Å². The van der Waals surface area contributed by atoms with Crippen molar-refractivity contribution in [3.8, 4) is 5.75 Å². The molecule has 3 atom stereocenters. The van der Waals surface area contributed by atoms with Crippen molar-refractivity contribution in [1.82, 2.24) is 0 Å². The number of hydrogen-bond acceptors (Lipinski definition) is 2. The zero-order valence-corrected chi connectivity index (χ0v) is 10.8. The molecule has 0 amide bonds. The number of hydrogen-bond donors (Lipinski definition) is 1. The highest BCUT2D eigenvalue weighted by Crippen LogP contribution is 2.48. The summed E-state index contributed by atoms with van der Waals surface area (Å²) in [7, 11) is 0. The van der Waals surface area contributed by atoms with Gasteiger partial charge in [-0.25, -0.2) is 4.39 Å². The maximum Gasteiger partial charge on any atom is 0.167 e. The lowest BCUT2D eigenvalue weighted by molar-refractivity contribution is 0.189. The van der Waals surface area contributed by atoms with Gasteiger partial charge < -0.3 is 10.5 Å². The molecular weight excluding hydrogens is 229 g/mol. The van der Waals surface area contributed by atoms with Gasteiger partial charge in [0.1, 0.15) is 0 Å². The van der Waals surface area contributed by atoms with E-state index in [1.54, 1.807) is 6.07 Å². The molecule has 2 aliphatic rings. The van der Waals surface area contributed by atoms with E-state index in [2.05, 4.69) is 0 Å². The van der Waals surface area contributed by atoms with E-state index in [0.29, 0.717) is 24.0 Å². The molecule has 0 radical (unpaired) electrons. The van der Waals surface area contributed by atoms with Crippen molar-refractivity contribution >= 4 is 5.69 Å². The van der Waals surface area contributed by atoms with Crippen LogP contribution in [0.1, 0.15) is 31.2 Å². The van der Waals surface area contributed by atoms with Crippen LogP contribution in [0, 0.1) is 30.5 Å². The fourth-order valence-corrected chi connectivity index (χ4v) is 3.56. The highest BCUT2D eigenvalue weighted by Gasteiger charge is 2.39. The summed E-state index contributed by atoms with van der Waals surface area (Å²) in [5.74, 6) is 2.35. The molecule has 0 heterocycles. The van der Waals surface area contributed by atoms with Gasteiger partial charge in [-0.3, -0.25) is 0 Å². The molecule has 0 aromatic heterocycles. The van der Waals surface area contributed by atoms with Crippen LogP contribution in [0.4, 0.5) is 10.1 Å². The number of rotatable bonds is 3. The van der Waals surface area contributed by atoms with E-state index in [0.717, 1.165) is 17.4 Å². The summed E-state index contributed by atoms with van der Waals surface area (Å²) in [6.07, 6.45) is 5.34. The molecule has 3 rings (SSSR count). The Balaban J connectivity index is 1.65. The largest absolute Gasteiger partial charge is 0.490 e. The predicted molar refractivity (Wildman–Crippen MR) is 70.0 cm³/mol. The summed E-state index contributed by atoms with van der Waals surface area (Å²) < 4.78 is 19.4. The Morgan fingerprint density at radius 3 is 2.83 bits per heavy atom. The molecular formula is C15H20FNO. The Morgan fingerprint density at radius 2 is 2.17 bits per heavy atom. The van der Waals surface area contributed by atoms with Gasteiger partial charge in [-0.05, 0) is 55.6 Å². The summed E-state index contributed by atoms with van der Waals surface area (Å²) >= 11 is 0. The number of aryl methyl sites for hydroxylation is 1. The van der Waals surface area contributed by atoms with Crippen LogP contribution in [-0.2, 0) is 0 Å². The number of ether oxygens (including phenoxy) is 1.